The molecule has 2 rings (SSSR count). The van der Waals surface area contributed by atoms with Crippen LogP contribution < -0.4 is 10.1 Å². The number of amides is 2. The molecule has 24 heavy (non-hydrogen) atoms. The second-order valence-electron chi connectivity index (χ2n) is 5.81. The number of benzene rings is 1. The Kier molecular flexibility index (Phi) is 5.48. The van der Waals surface area contributed by atoms with Crippen LogP contribution in [0.3, 0.4) is 0 Å². The number of likely N-dealkylation sites (N-methyl/N-ethyl adjacent to an activating group) is 1. The number of hydrogen-bond acceptors (Lipinski definition) is 5. The third-order valence-corrected chi connectivity index (χ3v) is 5.80. The molecule has 0 spiro atoms. The van der Waals surface area contributed by atoms with Crippen molar-refractivity contribution in [3.05, 3.63) is 23.8 Å². The Bertz CT molecular complexity index is 745. The van der Waals surface area contributed by atoms with Gasteiger partial charge in [-0.1, -0.05) is 6.07 Å². The number of ether oxygens (including phenoxy) is 1. The zero-order valence-corrected chi connectivity index (χ0v) is 14.9. The Balaban J connectivity index is 2.14. The Morgan fingerprint density at radius 2 is 2.08 bits per heavy atom. The van der Waals surface area contributed by atoms with Crippen molar-refractivity contribution in [1.82, 2.24) is 4.90 Å². The van der Waals surface area contributed by atoms with E-state index in [4.69, 9.17) is 4.74 Å². The molecule has 0 saturated carbocycles. The number of carbonyl (C=O) groups excluding carboxylic acids is 2. The molecule has 1 aliphatic rings. The summed E-state index contributed by atoms with van der Waals surface area (Å²) in [6.07, 6.45) is 0.364. The highest BCUT2D eigenvalue weighted by Crippen LogP contribution is 2.25. The zero-order chi connectivity index (χ0) is 17.9. The monoisotopic (exact) mass is 354 g/mol. The highest BCUT2D eigenvalue weighted by molar-refractivity contribution is 7.91. The lowest BCUT2D eigenvalue weighted by Crippen LogP contribution is -2.46. The molecule has 7 nitrogen and oxygen atoms in total. The number of nitrogens with zero attached hydrogens (tertiary/aromatic N) is 1. The van der Waals surface area contributed by atoms with Gasteiger partial charge in [0.1, 0.15) is 5.75 Å². The van der Waals surface area contributed by atoms with E-state index in [9.17, 15) is 18.0 Å². The fourth-order valence-electron chi connectivity index (χ4n) is 2.81. The number of anilines is 1. The molecular weight excluding hydrogens is 332 g/mol. The van der Waals surface area contributed by atoms with Crippen molar-refractivity contribution >= 4 is 27.3 Å². The third-order valence-electron chi connectivity index (χ3n) is 4.05. The molecule has 0 bridgehead atoms. The molecule has 1 saturated heterocycles. The van der Waals surface area contributed by atoms with Crippen LogP contribution in [0.2, 0.25) is 0 Å². The molecule has 8 heteroatoms. The maximum absolute atomic E-state index is 12.4. The predicted octanol–water partition coefficient (Wildman–Crippen LogP) is 0.978. The van der Waals surface area contributed by atoms with Gasteiger partial charge in [0, 0.05) is 12.6 Å². The van der Waals surface area contributed by atoms with E-state index in [1.165, 1.54) is 12.0 Å². The summed E-state index contributed by atoms with van der Waals surface area (Å²) in [4.78, 5) is 26.1. The van der Waals surface area contributed by atoms with E-state index in [-0.39, 0.29) is 18.1 Å². The van der Waals surface area contributed by atoms with Crippen molar-refractivity contribution in [3.63, 3.8) is 0 Å². The standard InChI is InChI=1S/C16H22N2O5S/c1-4-18(12-7-8-24(21,22)10-12)16(20)15(19)17-13-9-11(2)5-6-14(13)23-3/h5-6,9,12H,4,7-8,10H2,1-3H3,(H,17,19). The molecule has 132 valence electrons. The van der Waals surface area contributed by atoms with Crippen LogP contribution in [0, 0.1) is 6.92 Å². The molecule has 1 aliphatic heterocycles. The van der Waals surface area contributed by atoms with Crippen molar-refractivity contribution < 1.29 is 22.7 Å². The van der Waals surface area contributed by atoms with Crippen molar-refractivity contribution in [3.8, 4) is 5.75 Å². The number of rotatable bonds is 4. The van der Waals surface area contributed by atoms with Crippen LogP contribution in [0.1, 0.15) is 18.9 Å². The average molecular weight is 354 g/mol. The van der Waals surface area contributed by atoms with Crippen molar-refractivity contribution in [2.75, 3.05) is 30.5 Å². The molecule has 1 fully saturated rings. The second kappa shape index (κ2) is 7.21. The molecule has 1 unspecified atom stereocenters. The lowest BCUT2D eigenvalue weighted by molar-refractivity contribution is -0.144. The summed E-state index contributed by atoms with van der Waals surface area (Å²) in [5, 5.41) is 2.56. The molecule has 1 aromatic rings. The van der Waals surface area contributed by atoms with Gasteiger partial charge in [0.25, 0.3) is 0 Å². The maximum Gasteiger partial charge on any atom is 0.314 e. The van der Waals surface area contributed by atoms with Gasteiger partial charge in [-0.2, -0.15) is 0 Å². The van der Waals surface area contributed by atoms with E-state index in [1.807, 2.05) is 13.0 Å². The molecule has 1 N–H and O–H groups in total. The molecule has 2 amide bonds. The van der Waals surface area contributed by atoms with Crippen molar-refractivity contribution in [2.24, 2.45) is 0 Å². The SMILES string of the molecule is CCN(C(=O)C(=O)Nc1cc(C)ccc1OC)C1CCS(=O)(=O)C1. The molecule has 1 aromatic carbocycles. The summed E-state index contributed by atoms with van der Waals surface area (Å²) < 4.78 is 28.4. The first kappa shape index (κ1) is 18.3. The Morgan fingerprint density at radius 3 is 2.62 bits per heavy atom. The van der Waals surface area contributed by atoms with Gasteiger partial charge in [0.05, 0.1) is 24.3 Å². The molecular formula is C16H22N2O5S. The minimum atomic E-state index is -3.13. The van der Waals surface area contributed by atoms with E-state index in [0.717, 1.165) is 5.56 Å². The Hall–Kier alpha value is -2.09. The van der Waals surface area contributed by atoms with Crippen LogP contribution in [-0.4, -0.2) is 56.3 Å². The highest BCUT2D eigenvalue weighted by atomic mass is 32.2. The normalized spacial score (nSPS) is 18.9. The van der Waals surface area contributed by atoms with E-state index in [0.29, 0.717) is 17.9 Å². The van der Waals surface area contributed by atoms with E-state index in [2.05, 4.69) is 5.32 Å². The smallest absolute Gasteiger partial charge is 0.314 e. The summed E-state index contributed by atoms with van der Waals surface area (Å²) in [5.74, 6) is -1.12. The first-order chi connectivity index (χ1) is 11.3. The molecule has 1 heterocycles. The number of carbonyl (C=O) groups is 2. The first-order valence-electron chi connectivity index (χ1n) is 7.74. The molecule has 0 aromatic heterocycles. The average Bonchev–Trinajstić information content (AvgIpc) is 2.88. The van der Waals surface area contributed by atoms with Gasteiger partial charge >= 0.3 is 11.8 Å². The number of hydrogen-bond donors (Lipinski definition) is 1. The minimum absolute atomic E-state index is 0.0504. The summed E-state index contributed by atoms with van der Waals surface area (Å²) in [6, 6.07) is 4.80. The molecule has 1 atom stereocenters. The van der Waals surface area contributed by atoms with E-state index < -0.39 is 27.7 Å². The van der Waals surface area contributed by atoms with E-state index in [1.54, 1.807) is 19.1 Å². The molecule has 0 radical (unpaired) electrons. The number of methoxy groups -OCH3 is 1. The molecule has 0 aliphatic carbocycles. The number of nitrogens with one attached hydrogen (secondary N) is 1. The predicted molar refractivity (Wildman–Crippen MR) is 90.8 cm³/mol. The van der Waals surface area contributed by atoms with Crippen LogP contribution in [0.15, 0.2) is 18.2 Å². The topological polar surface area (TPSA) is 92.8 Å². The van der Waals surface area contributed by atoms with Gasteiger partial charge in [-0.25, -0.2) is 8.42 Å². The summed E-state index contributed by atoms with van der Waals surface area (Å²) in [6.45, 7) is 3.86. The summed E-state index contributed by atoms with van der Waals surface area (Å²) in [7, 11) is -1.65. The van der Waals surface area contributed by atoms with Crippen LogP contribution in [0.5, 0.6) is 5.75 Å². The van der Waals surface area contributed by atoms with Crippen LogP contribution >= 0.6 is 0 Å². The third kappa shape index (κ3) is 4.05. The van der Waals surface area contributed by atoms with Crippen LogP contribution in [0.25, 0.3) is 0 Å². The minimum Gasteiger partial charge on any atom is -0.495 e. The maximum atomic E-state index is 12.4. The quantitative estimate of drug-likeness (QED) is 0.814. The fourth-order valence-corrected chi connectivity index (χ4v) is 4.55. The highest BCUT2D eigenvalue weighted by Gasteiger charge is 2.36. The van der Waals surface area contributed by atoms with Crippen molar-refractivity contribution in [2.45, 2.75) is 26.3 Å². The van der Waals surface area contributed by atoms with E-state index >= 15 is 0 Å². The van der Waals surface area contributed by atoms with Gasteiger partial charge in [-0.3, -0.25) is 9.59 Å². The number of aryl methyl sites for hydroxylation is 1. The van der Waals surface area contributed by atoms with Gasteiger partial charge in [-0.15, -0.1) is 0 Å². The van der Waals surface area contributed by atoms with Crippen LogP contribution in [0.4, 0.5) is 5.69 Å². The first-order valence-corrected chi connectivity index (χ1v) is 9.56. The largest absolute Gasteiger partial charge is 0.495 e. The van der Waals surface area contributed by atoms with Gasteiger partial charge in [0.15, 0.2) is 9.84 Å². The lowest BCUT2D eigenvalue weighted by Gasteiger charge is -2.26. The second-order valence-corrected chi connectivity index (χ2v) is 8.03. The Labute approximate surface area is 141 Å². The van der Waals surface area contributed by atoms with Gasteiger partial charge in [0.2, 0.25) is 0 Å². The van der Waals surface area contributed by atoms with Crippen molar-refractivity contribution in [1.29, 1.82) is 0 Å². The zero-order valence-electron chi connectivity index (χ0n) is 14.0. The summed E-state index contributed by atoms with van der Waals surface area (Å²) in [5.41, 5.74) is 1.32. The van der Waals surface area contributed by atoms with Gasteiger partial charge in [-0.05, 0) is 38.0 Å². The lowest BCUT2D eigenvalue weighted by atomic mass is 10.2. The summed E-state index contributed by atoms with van der Waals surface area (Å²) >= 11 is 0. The number of sulfone groups is 1. The van der Waals surface area contributed by atoms with Gasteiger partial charge < -0.3 is 15.0 Å². The Morgan fingerprint density at radius 1 is 1.38 bits per heavy atom. The fraction of sp³-hybridized carbons (Fsp3) is 0.500. The van der Waals surface area contributed by atoms with Crippen LogP contribution in [-0.2, 0) is 19.4 Å².